The van der Waals surface area contributed by atoms with Gasteiger partial charge in [-0.2, -0.15) is 0 Å². The maximum Gasteiger partial charge on any atom is 0.0215 e. The fourth-order valence-corrected chi connectivity index (χ4v) is 2.20. The van der Waals surface area contributed by atoms with Gasteiger partial charge >= 0.3 is 0 Å². The molecule has 0 unspecified atom stereocenters. The molecule has 0 atom stereocenters. The van der Waals surface area contributed by atoms with Crippen LogP contribution in [0.5, 0.6) is 0 Å². The van der Waals surface area contributed by atoms with Crippen LogP contribution in [-0.4, -0.2) is 11.5 Å². The van der Waals surface area contributed by atoms with Crippen molar-refractivity contribution >= 4 is 21.6 Å². The molecule has 0 nitrogen and oxygen atoms in total. The summed E-state index contributed by atoms with van der Waals surface area (Å²) in [4.78, 5) is 0. The molecule has 0 saturated heterocycles. The van der Waals surface area contributed by atoms with E-state index in [1.807, 2.05) is 27.7 Å². The molecule has 10 heavy (non-hydrogen) atoms. The molecule has 0 bridgehead atoms. The van der Waals surface area contributed by atoms with Gasteiger partial charge in [0.2, 0.25) is 0 Å². The zero-order chi connectivity index (χ0) is 7.66. The van der Waals surface area contributed by atoms with E-state index in [9.17, 15) is 0 Å². The van der Waals surface area contributed by atoms with Gasteiger partial charge in [0.25, 0.3) is 0 Å². The fraction of sp³-hybridized carbons (Fsp3) is 0.500. The van der Waals surface area contributed by atoms with Crippen LogP contribution in [0.25, 0.3) is 0 Å². The second kappa shape index (κ2) is 9.18. The summed E-state index contributed by atoms with van der Waals surface area (Å²) >= 11 is 0. The van der Waals surface area contributed by atoms with Crippen molar-refractivity contribution in [3.8, 4) is 0 Å². The quantitative estimate of drug-likeness (QED) is 0.343. The van der Waals surface area contributed by atoms with Crippen LogP contribution in [0.3, 0.4) is 0 Å². The van der Waals surface area contributed by atoms with Crippen LogP contribution in [0.4, 0.5) is 0 Å². The Morgan fingerprint density at radius 1 is 1.40 bits per heavy atom. The van der Waals surface area contributed by atoms with E-state index >= 15 is 0 Å². The van der Waals surface area contributed by atoms with Crippen LogP contribution in [0, 0.1) is 0 Å². The van der Waals surface area contributed by atoms with Crippen LogP contribution in [0.2, 0.25) is 0 Å². The van der Waals surface area contributed by atoms with E-state index in [4.69, 9.17) is 0 Å². The average Bonchev–Trinajstić information content (AvgIpc) is 1.97. The van der Waals surface area contributed by atoms with E-state index in [2.05, 4.69) is 25.7 Å². The highest BCUT2D eigenvalue weighted by molar-refractivity contribution is 8.76. The molecule has 0 radical (unpaired) electrons. The topological polar surface area (TPSA) is 0 Å². The molecular weight excluding hydrogens is 160 g/mol. The first-order valence-electron chi connectivity index (χ1n) is 3.38. The Morgan fingerprint density at radius 2 is 2.20 bits per heavy atom. The van der Waals surface area contributed by atoms with Crippen LogP contribution in [-0.2, 0) is 0 Å². The summed E-state index contributed by atoms with van der Waals surface area (Å²) in [5.74, 6) is 2.27. The second-order valence-corrected chi connectivity index (χ2v) is 4.38. The van der Waals surface area contributed by atoms with Crippen LogP contribution >= 0.6 is 21.6 Å². The summed E-state index contributed by atoms with van der Waals surface area (Å²) in [6.45, 7) is 5.70. The Hall–Kier alpha value is 0.180. The Balaban J connectivity index is 2.83. The van der Waals surface area contributed by atoms with Gasteiger partial charge in [-0.15, -0.1) is 6.58 Å². The summed E-state index contributed by atoms with van der Waals surface area (Å²) in [7, 11) is 3.78. The minimum absolute atomic E-state index is 1.06. The fourth-order valence-electron chi connectivity index (χ4n) is 0.438. The Labute approximate surface area is 71.6 Å². The lowest BCUT2D eigenvalue weighted by molar-refractivity contribution is 1.24. The van der Waals surface area contributed by atoms with Gasteiger partial charge < -0.3 is 0 Å². The highest BCUT2D eigenvalue weighted by Gasteiger charge is 1.83. The van der Waals surface area contributed by atoms with E-state index in [1.165, 1.54) is 12.2 Å². The van der Waals surface area contributed by atoms with Crippen molar-refractivity contribution in [1.29, 1.82) is 0 Å². The Morgan fingerprint density at radius 3 is 2.80 bits per heavy atom. The maximum absolute atomic E-state index is 3.65. The van der Waals surface area contributed by atoms with Gasteiger partial charge in [-0.25, -0.2) is 0 Å². The van der Waals surface area contributed by atoms with Crippen molar-refractivity contribution in [2.75, 3.05) is 11.5 Å². The van der Waals surface area contributed by atoms with Crippen LogP contribution < -0.4 is 0 Å². The molecule has 0 aromatic heterocycles. The van der Waals surface area contributed by atoms with Crippen molar-refractivity contribution in [2.24, 2.45) is 0 Å². The largest absolute Gasteiger partial charge is 0.102 e. The third kappa shape index (κ3) is 8.18. The standard InChI is InChI=1S/C8H14S2/c1-3-5-6-8-10-9-7-4-2/h3-5H,2,6-8H2,1H3/b5-3+. The Bertz CT molecular complexity index is 97.4. The first kappa shape index (κ1) is 10.2. The Kier molecular flexibility index (Phi) is 9.35. The van der Waals surface area contributed by atoms with Gasteiger partial charge in [0.15, 0.2) is 0 Å². The van der Waals surface area contributed by atoms with Crippen LogP contribution in [0.1, 0.15) is 13.3 Å². The molecular formula is C8H14S2. The lowest BCUT2D eigenvalue weighted by Gasteiger charge is -1.93. The lowest BCUT2D eigenvalue weighted by Crippen LogP contribution is -1.71. The SMILES string of the molecule is C=CCSSCC/C=C/C. The average molecular weight is 174 g/mol. The highest BCUT2D eigenvalue weighted by Crippen LogP contribution is 2.21. The van der Waals surface area contributed by atoms with Gasteiger partial charge in [0.1, 0.15) is 0 Å². The molecule has 0 aromatic rings. The number of hydrogen-bond acceptors (Lipinski definition) is 2. The van der Waals surface area contributed by atoms with Crippen molar-refractivity contribution in [3.05, 3.63) is 24.8 Å². The monoisotopic (exact) mass is 174 g/mol. The molecule has 58 valence electrons. The molecule has 2 heteroatoms. The zero-order valence-electron chi connectivity index (χ0n) is 6.38. The summed E-state index contributed by atoms with van der Waals surface area (Å²) in [5, 5.41) is 0. The predicted molar refractivity (Wildman–Crippen MR) is 54.5 cm³/mol. The van der Waals surface area contributed by atoms with Gasteiger partial charge in [0.05, 0.1) is 0 Å². The minimum Gasteiger partial charge on any atom is -0.102 e. The van der Waals surface area contributed by atoms with Crippen LogP contribution in [0.15, 0.2) is 24.8 Å². The van der Waals surface area contributed by atoms with E-state index in [-0.39, 0.29) is 0 Å². The van der Waals surface area contributed by atoms with Crippen molar-refractivity contribution in [2.45, 2.75) is 13.3 Å². The zero-order valence-corrected chi connectivity index (χ0v) is 8.01. The normalized spacial score (nSPS) is 10.5. The van der Waals surface area contributed by atoms with E-state index in [0.29, 0.717) is 0 Å². The molecule has 0 amide bonds. The molecule has 0 rings (SSSR count). The smallest absolute Gasteiger partial charge is 0.0215 e. The van der Waals surface area contributed by atoms with Gasteiger partial charge in [0, 0.05) is 11.5 Å². The summed E-state index contributed by atoms with van der Waals surface area (Å²) in [6, 6.07) is 0. The van der Waals surface area contributed by atoms with Gasteiger partial charge in [-0.05, 0) is 13.3 Å². The molecule has 0 aliphatic heterocycles. The first-order chi connectivity index (χ1) is 4.91. The maximum atomic E-state index is 3.65. The molecule has 0 aliphatic rings. The van der Waals surface area contributed by atoms with E-state index in [1.54, 1.807) is 0 Å². The number of hydrogen-bond donors (Lipinski definition) is 0. The second-order valence-electron chi connectivity index (χ2n) is 1.75. The van der Waals surface area contributed by atoms with E-state index < -0.39 is 0 Å². The van der Waals surface area contributed by atoms with Gasteiger partial charge in [-0.3, -0.25) is 0 Å². The molecule has 0 aliphatic carbocycles. The van der Waals surface area contributed by atoms with E-state index in [0.717, 1.165) is 5.75 Å². The molecule has 0 heterocycles. The third-order valence-electron chi connectivity index (χ3n) is 0.873. The van der Waals surface area contributed by atoms with Gasteiger partial charge in [-0.1, -0.05) is 39.8 Å². The molecule has 0 aromatic carbocycles. The number of rotatable bonds is 6. The third-order valence-corrected chi connectivity index (χ3v) is 3.22. The summed E-state index contributed by atoms with van der Waals surface area (Å²) < 4.78 is 0. The molecule has 0 saturated carbocycles. The minimum atomic E-state index is 1.06. The molecule has 0 N–H and O–H groups in total. The number of allylic oxidation sites excluding steroid dienone is 2. The van der Waals surface area contributed by atoms with Crippen molar-refractivity contribution < 1.29 is 0 Å². The summed E-state index contributed by atoms with van der Waals surface area (Å²) in [5.41, 5.74) is 0. The van der Waals surface area contributed by atoms with Crippen molar-refractivity contribution in [1.82, 2.24) is 0 Å². The summed E-state index contributed by atoms with van der Waals surface area (Å²) in [6.07, 6.45) is 7.42. The van der Waals surface area contributed by atoms with Crippen molar-refractivity contribution in [3.63, 3.8) is 0 Å². The first-order valence-corrected chi connectivity index (χ1v) is 5.87. The lowest BCUT2D eigenvalue weighted by atomic mass is 10.4. The molecule has 0 spiro atoms. The molecule has 0 fully saturated rings. The predicted octanol–water partition coefficient (Wildman–Crippen LogP) is 3.52. The highest BCUT2D eigenvalue weighted by atomic mass is 33.1.